The lowest BCUT2D eigenvalue weighted by Crippen LogP contribution is -2.45. The van der Waals surface area contributed by atoms with Crippen molar-refractivity contribution in [3.63, 3.8) is 0 Å². The van der Waals surface area contributed by atoms with Crippen LogP contribution in [-0.4, -0.2) is 49.6 Å². The molecule has 2 rings (SSSR count). The topological polar surface area (TPSA) is 83.9 Å². The number of carboxylic acids is 1. The number of hydrogen-bond donors (Lipinski definition) is 1. The predicted octanol–water partition coefficient (Wildman–Crippen LogP) is 1.37. The fraction of sp³-hybridized carbons (Fsp3) is 0.500. The lowest BCUT2D eigenvalue weighted by molar-refractivity contribution is -0.141. The maximum Gasteiger partial charge on any atom is 0.306 e. The van der Waals surface area contributed by atoms with E-state index in [0.29, 0.717) is 0 Å². The summed E-state index contributed by atoms with van der Waals surface area (Å²) in [7, 11) is -3.56. The lowest BCUT2D eigenvalue weighted by Gasteiger charge is -2.31. The summed E-state index contributed by atoms with van der Waals surface area (Å²) in [6, 6.07) is 3.21. The van der Waals surface area contributed by atoms with Crippen molar-refractivity contribution in [1.82, 2.24) is 4.31 Å². The molecule has 1 saturated heterocycles. The summed E-state index contributed by atoms with van der Waals surface area (Å²) >= 11 is 4.36. The zero-order chi connectivity index (χ0) is 14.0. The SMILES string of the molecule is O=C(O)CC1CN(S(=O)(=O)c2ccc(Br)s2)CCO1. The van der Waals surface area contributed by atoms with E-state index >= 15 is 0 Å². The molecule has 1 aliphatic rings. The Morgan fingerprint density at radius 1 is 1.58 bits per heavy atom. The molecule has 9 heteroatoms. The Morgan fingerprint density at radius 2 is 2.32 bits per heavy atom. The molecule has 1 aromatic rings. The molecule has 0 spiro atoms. The molecular formula is C10H12BrNO5S2. The van der Waals surface area contributed by atoms with E-state index in [-0.39, 0.29) is 30.3 Å². The Labute approximate surface area is 123 Å². The molecular weight excluding hydrogens is 358 g/mol. The zero-order valence-corrected chi connectivity index (χ0v) is 13.0. The third-order valence-corrected chi connectivity index (χ3v) is 6.60. The van der Waals surface area contributed by atoms with Crippen molar-refractivity contribution < 1.29 is 23.1 Å². The monoisotopic (exact) mass is 369 g/mol. The molecule has 2 heterocycles. The van der Waals surface area contributed by atoms with Gasteiger partial charge >= 0.3 is 5.97 Å². The number of aliphatic carboxylic acids is 1. The van der Waals surface area contributed by atoms with Gasteiger partial charge in [0.05, 0.1) is 22.9 Å². The Morgan fingerprint density at radius 3 is 2.89 bits per heavy atom. The maximum absolute atomic E-state index is 12.3. The van der Waals surface area contributed by atoms with Gasteiger partial charge in [-0.25, -0.2) is 8.42 Å². The van der Waals surface area contributed by atoms with E-state index in [0.717, 1.165) is 15.1 Å². The Hall–Kier alpha value is -0.480. The molecule has 1 atom stereocenters. The number of halogens is 1. The van der Waals surface area contributed by atoms with Crippen LogP contribution in [0.5, 0.6) is 0 Å². The van der Waals surface area contributed by atoms with Crippen molar-refractivity contribution in [2.75, 3.05) is 19.7 Å². The fourth-order valence-electron chi connectivity index (χ4n) is 1.79. The predicted molar refractivity (Wildman–Crippen MR) is 72.8 cm³/mol. The molecule has 0 bridgehead atoms. The number of nitrogens with zero attached hydrogens (tertiary/aromatic N) is 1. The van der Waals surface area contributed by atoms with Gasteiger partial charge < -0.3 is 9.84 Å². The molecule has 19 heavy (non-hydrogen) atoms. The van der Waals surface area contributed by atoms with Gasteiger partial charge in [-0.05, 0) is 28.1 Å². The number of carboxylic acid groups (broad SMARTS) is 1. The second-order valence-corrected chi connectivity index (χ2v) is 8.64. The van der Waals surface area contributed by atoms with Crippen LogP contribution in [0, 0.1) is 0 Å². The van der Waals surface area contributed by atoms with Gasteiger partial charge in [0.2, 0.25) is 0 Å². The van der Waals surface area contributed by atoms with E-state index in [9.17, 15) is 13.2 Å². The molecule has 1 aromatic heterocycles. The number of hydrogen-bond acceptors (Lipinski definition) is 5. The summed E-state index contributed by atoms with van der Waals surface area (Å²) in [5.74, 6) is -0.997. The van der Waals surface area contributed by atoms with Crippen LogP contribution in [0.25, 0.3) is 0 Å². The second kappa shape index (κ2) is 5.88. The van der Waals surface area contributed by atoms with Gasteiger partial charge in [-0.2, -0.15) is 4.31 Å². The van der Waals surface area contributed by atoms with Crippen molar-refractivity contribution in [2.45, 2.75) is 16.7 Å². The van der Waals surface area contributed by atoms with Crippen LogP contribution in [0.3, 0.4) is 0 Å². The van der Waals surface area contributed by atoms with Crippen LogP contribution in [0.2, 0.25) is 0 Å². The van der Waals surface area contributed by atoms with E-state index in [1.807, 2.05) is 0 Å². The second-order valence-electron chi connectivity index (χ2n) is 4.01. The normalized spacial score (nSPS) is 21.4. The number of carbonyl (C=O) groups is 1. The third kappa shape index (κ3) is 3.54. The summed E-state index contributed by atoms with van der Waals surface area (Å²) in [5, 5.41) is 8.72. The van der Waals surface area contributed by atoms with E-state index in [2.05, 4.69) is 15.9 Å². The van der Waals surface area contributed by atoms with E-state index < -0.39 is 22.1 Å². The smallest absolute Gasteiger partial charge is 0.306 e. The summed E-state index contributed by atoms with van der Waals surface area (Å²) in [6.07, 6.45) is -0.787. The van der Waals surface area contributed by atoms with Crippen LogP contribution in [-0.2, 0) is 19.6 Å². The molecule has 1 aliphatic heterocycles. The zero-order valence-electron chi connectivity index (χ0n) is 9.78. The summed E-state index contributed by atoms with van der Waals surface area (Å²) in [4.78, 5) is 10.6. The summed E-state index contributed by atoms with van der Waals surface area (Å²) < 4.78 is 32.2. The number of rotatable bonds is 4. The first-order valence-corrected chi connectivity index (χ1v) is 8.53. The van der Waals surface area contributed by atoms with Crippen LogP contribution < -0.4 is 0 Å². The van der Waals surface area contributed by atoms with E-state index in [1.54, 1.807) is 6.07 Å². The van der Waals surface area contributed by atoms with Gasteiger partial charge in [-0.3, -0.25) is 4.79 Å². The van der Waals surface area contributed by atoms with Crippen molar-refractivity contribution in [3.8, 4) is 0 Å². The summed E-state index contributed by atoms with van der Waals surface area (Å²) in [6.45, 7) is 0.530. The summed E-state index contributed by atoms with van der Waals surface area (Å²) in [5.41, 5.74) is 0. The minimum absolute atomic E-state index is 0.0736. The van der Waals surface area contributed by atoms with Gasteiger partial charge in [0.1, 0.15) is 4.21 Å². The standard InChI is InChI=1S/C10H12BrNO5S2/c11-8-1-2-10(18-8)19(15,16)12-3-4-17-7(6-12)5-9(13)14/h1-2,7H,3-6H2,(H,13,14). The van der Waals surface area contributed by atoms with Gasteiger partial charge in [-0.15, -0.1) is 11.3 Å². The first-order chi connectivity index (χ1) is 8.89. The molecule has 0 aromatic carbocycles. The van der Waals surface area contributed by atoms with Gasteiger partial charge in [-0.1, -0.05) is 0 Å². The number of ether oxygens (including phenoxy) is 1. The van der Waals surface area contributed by atoms with Crippen LogP contribution in [0.4, 0.5) is 0 Å². The molecule has 1 N–H and O–H groups in total. The first kappa shape index (κ1) is 14.9. The maximum atomic E-state index is 12.3. The highest BCUT2D eigenvalue weighted by Crippen LogP contribution is 2.29. The first-order valence-electron chi connectivity index (χ1n) is 5.48. The van der Waals surface area contributed by atoms with Crippen LogP contribution in [0.1, 0.15) is 6.42 Å². The van der Waals surface area contributed by atoms with Crippen LogP contribution >= 0.6 is 27.3 Å². The molecule has 0 amide bonds. The van der Waals surface area contributed by atoms with Crippen molar-refractivity contribution >= 4 is 43.3 Å². The van der Waals surface area contributed by atoms with Gasteiger partial charge in [0.15, 0.2) is 0 Å². The molecule has 0 saturated carbocycles. The Bertz CT molecular complexity index is 570. The molecule has 0 radical (unpaired) electrons. The van der Waals surface area contributed by atoms with Crippen LogP contribution in [0.15, 0.2) is 20.1 Å². The molecule has 0 aliphatic carbocycles. The molecule has 1 unspecified atom stereocenters. The molecule has 6 nitrogen and oxygen atoms in total. The number of thiophene rings is 1. The lowest BCUT2D eigenvalue weighted by atomic mass is 10.2. The average Bonchev–Trinajstić information content (AvgIpc) is 2.76. The van der Waals surface area contributed by atoms with Crippen molar-refractivity contribution in [3.05, 3.63) is 15.9 Å². The number of sulfonamides is 1. The van der Waals surface area contributed by atoms with E-state index in [4.69, 9.17) is 9.84 Å². The highest BCUT2D eigenvalue weighted by Gasteiger charge is 2.32. The van der Waals surface area contributed by atoms with Gasteiger partial charge in [0, 0.05) is 13.1 Å². The Kier molecular flexibility index (Phi) is 4.62. The minimum atomic E-state index is -3.56. The third-order valence-electron chi connectivity index (χ3n) is 2.65. The highest BCUT2D eigenvalue weighted by molar-refractivity contribution is 9.11. The quantitative estimate of drug-likeness (QED) is 0.866. The van der Waals surface area contributed by atoms with Crippen molar-refractivity contribution in [2.24, 2.45) is 0 Å². The van der Waals surface area contributed by atoms with E-state index in [1.165, 1.54) is 10.4 Å². The minimum Gasteiger partial charge on any atom is -0.481 e. The molecule has 1 fully saturated rings. The largest absolute Gasteiger partial charge is 0.481 e. The Balaban J connectivity index is 2.14. The van der Waals surface area contributed by atoms with Crippen molar-refractivity contribution in [1.29, 1.82) is 0 Å². The average molecular weight is 370 g/mol. The van der Waals surface area contributed by atoms with Gasteiger partial charge in [0.25, 0.3) is 10.0 Å². The number of morpholine rings is 1. The highest BCUT2D eigenvalue weighted by atomic mass is 79.9. The molecule has 106 valence electrons. The fourth-order valence-corrected chi connectivity index (χ4v) is 5.41.